The molecule has 1 aliphatic heterocycles. The Labute approximate surface area is 114 Å². The summed E-state index contributed by atoms with van der Waals surface area (Å²) in [7, 11) is 0. The van der Waals surface area contributed by atoms with E-state index >= 15 is 0 Å². The molecule has 0 saturated carbocycles. The number of benzene rings is 1. The predicted molar refractivity (Wildman–Crippen MR) is 69.2 cm³/mol. The summed E-state index contributed by atoms with van der Waals surface area (Å²) in [5.41, 5.74) is 0.926. The molecule has 2 atom stereocenters. The highest BCUT2D eigenvalue weighted by Crippen LogP contribution is 2.35. The molecule has 0 aliphatic carbocycles. The average molecular weight is 315 g/mol. The number of aliphatic carboxylic acids is 1. The van der Waals surface area contributed by atoms with Crippen LogP contribution in [0.25, 0.3) is 0 Å². The number of hydrogen-bond donors (Lipinski definition) is 1. The van der Waals surface area contributed by atoms with E-state index < -0.39 is 11.8 Å². The van der Waals surface area contributed by atoms with Gasteiger partial charge in [-0.3, -0.25) is 4.79 Å². The molecule has 2 unspecified atom stereocenters. The van der Waals surface area contributed by atoms with Crippen molar-refractivity contribution < 1.29 is 19.4 Å². The normalized spacial score (nSPS) is 27.3. The fourth-order valence-corrected chi connectivity index (χ4v) is 2.39. The number of carbonyl (C=O) groups is 1. The summed E-state index contributed by atoms with van der Waals surface area (Å²) < 4.78 is 12.5. The second-order valence-corrected chi connectivity index (χ2v) is 5.36. The summed E-state index contributed by atoms with van der Waals surface area (Å²) in [5.74, 6) is -1.60. The molecule has 1 heterocycles. The van der Waals surface area contributed by atoms with Gasteiger partial charge in [-0.25, -0.2) is 0 Å². The van der Waals surface area contributed by atoms with Crippen LogP contribution >= 0.6 is 15.9 Å². The summed E-state index contributed by atoms with van der Waals surface area (Å²) in [4.78, 5) is 10.5. The first-order chi connectivity index (χ1) is 8.49. The number of halogens is 1. The lowest BCUT2D eigenvalue weighted by Crippen LogP contribution is -2.24. The lowest BCUT2D eigenvalue weighted by molar-refractivity contribution is -0.163. The molecular weight excluding hydrogens is 300 g/mol. The number of ether oxygens (including phenoxy) is 2. The highest BCUT2D eigenvalue weighted by Gasteiger charge is 2.38. The van der Waals surface area contributed by atoms with E-state index in [1.54, 1.807) is 0 Å². The Morgan fingerprint density at radius 2 is 2.39 bits per heavy atom. The average Bonchev–Trinajstić information content (AvgIpc) is 2.70. The van der Waals surface area contributed by atoms with Gasteiger partial charge in [-0.1, -0.05) is 28.1 Å². The Bertz CT molecular complexity index is 448. The standard InChI is InChI=1S/C13H15BrO4/c1-13(9-3-2-4-10(14)7-9)17-8-11(18-13)5-6-12(15)16/h2-4,7,11H,5-6,8H2,1H3,(H,15,16). The van der Waals surface area contributed by atoms with Crippen LogP contribution in [0.2, 0.25) is 0 Å². The van der Waals surface area contributed by atoms with Crippen LogP contribution in [-0.4, -0.2) is 23.8 Å². The Balaban J connectivity index is 2.03. The lowest BCUT2D eigenvalue weighted by Gasteiger charge is -2.24. The van der Waals surface area contributed by atoms with Gasteiger partial charge in [-0.05, 0) is 25.5 Å². The lowest BCUT2D eigenvalue weighted by atomic mass is 10.1. The van der Waals surface area contributed by atoms with Gasteiger partial charge in [0.1, 0.15) is 0 Å². The molecule has 1 fully saturated rings. The SMILES string of the molecule is CC1(c2cccc(Br)c2)OCC(CCC(=O)O)O1. The summed E-state index contributed by atoms with van der Waals surface area (Å²) in [6.45, 7) is 2.28. The van der Waals surface area contributed by atoms with E-state index in [-0.39, 0.29) is 12.5 Å². The van der Waals surface area contributed by atoms with Crippen LogP contribution in [0.4, 0.5) is 0 Å². The Morgan fingerprint density at radius 1 is 1.61 bits per heavy atom. The summed E-state index contributed by atoms with van der Waals surface area (Å²) in [5, 5.41) is 8.65. The van der Waals surface area contributed by atoms with Crippen molar-refractivity contribution in [1.82, 2.24) is 0 Å². The number of carboxylic acid groups (broad SMARTS) is 1. The first kappa shape index (κ1) is 13.5. The highest BCUT2D eigenvalue weighted by atomic mass is 79.9. The maximum absolute atomic E-state index is 10.5. The largest absolute Gasteiger partial charge is 0.481 e. The third kappa shape index (κ3) is 3.10. The van der Waals surface area contributed by atoms with E-state index in [1.807, 2.05) is 31.2 Å². The molecule has 18 heavy (non-hydrogen) atoms. The van der Waals surface area contributed by atoms with Crippen molar-refractivity contribution in [2.24, 2.45) is 0 Å². The molecule has 0 spiro atoms. The number of rotatable bonds is 4. The van der Waals surface area contributed by atoms with Gasteiger partial charge in [0.05, 0.1) is 12.7 Å². The van der Waals surface area contributed by atoms with Gasteiger partial charge in [-0.2, -0.15) is 0 Å². The van der Waals surface area contributed by atoms with Crippen LogP contribution in [0.3, 0.4) is 0 Å². The van der Waals surface area contributed by atoms with Gasteiger partial charge in [0.25, 0.3) is 0 Å². The molecule has 98 valence electrons. The summed E-state index contributed by atoms with van der Waals surface area (Å²) >= 11 is 3.41. The summed E-state index contributed by atoms with van der Waals surface area (Å²) in [6, 6.07) is 7.73. The molecule has 0 bridgehead atoms. The molecule has 1 aromatic rings. The molecule has 0 aromatic heterocycles. The number of carboxylic acids is 1. The Morgan fingerprint density at radius 3 is 3.06 bits per heavy atom. The molecule has 1 saturated heterocycles. The van der Waals surface area contributed by atoms with Crippen LogP contribution in [0.5, 0.6) is 0 Å². The van der Waals surface area contributed by atoms with Crippen molar-refractivity contribution in [1.29, 1.82) is 0 Å². The van der Waals surface area contributed by atoms with Crippen LogP contribution in [0.15, 0.2) is 28.7 Å². The van der Waals surface area contributed by atoms with Crippen LogP contribution < -0.4 is 0 Å². The Hall–Kier alpha value is -0.910. The van der Waals surface area contributed by atoms with Crippen molar-refractivity contribution in [3.05, 3.63) is 34.3 Å². The van der Waals surface area contributed by atoms with Gasteiger partial charge < -0.3 is 14.6 Å². The van der Waals surface area contributed by atoms with Gasteiger partial charge >= 0.3 is 5.97 Å². The fourth-order valence-electron chi connectivity index (χ4n) is 1.99. The van der Waals surface area contributed by atoms with Gasteiger partial charge in [0, 0.05) is 16.5 Å². The van der Waals surface area contributed by atoms with Crippen molar-refractivity contribution in [3.8, 4) is 0 Å². The van der Waals surface area contributed by atoms with E-state index in [1.165, 1.54) is 0 Å². The Kier molecular flexibility index (Phi) is 4.04. The maximum Gasteiger partial charge on any atom is 0.303 e. The quantitative estimate of drug-likeness (QED) is 0.928. The van der Waals surface area contributed by atoms with E-state index in [4.69, 9.17) is 14.6 Å². The monoisotopic (exact) mass is 314 g/mol. The fraction of sp³-hybridized carbons (Fsp3) is 0.462. The van der Waals surface area contributed by atoms with Crippen molar-refractivity contribution in [2.75, 3.05) is 6.61 Å². The number of hydrogen-bond acceptors (Lipinski definition) is 3. The maximum atomic E-state index is 10.5. The molecule has 0 radical (unpaired) electrons. The van der Waals surface area contributed by atoms with Crippen LogP contribution in [0.1, 0.15) is 25.3 Å². The van der Waals surface area contributed by atoms with E-state index in [9.17, 15) is 4.79 Å². The highest BCUT2D eigenvalue weighted by molar-refractivity contribution is 9.10. The van der Waals surface area contributed by atoms with Gasteiger partial charge in [0.15, 0.2) is 5.79 Å². The molecule has 5 heteroatoms. The van der Waals surface area contributed by atoms with Gasteiger partial charge in [0.2, 0.25) is 0 Å². The van der Waals surface area contributed by atoms with E-state index in [2.05, 4.69) is 15.9 Å². The molecular formula is C13H15BrO4. The minimum atomic E-state index is -0.811. The molecule has 4 nitrogen and oxygen atoms in total. The zero-order chi connectivity index (χ0) is 13.2. The topological polar surface area (TPSA) is 55.8 Å². The molecule has 1 N–H and O–H groups in total. The minimum Gasteiger partial charge on any atom is -0.481 e. The third-order valence-electron chi connectivity index (χ3n) is 2.97. The van der Waals surface area contributed by atoms with Crippen LogP contribution in [-0.2, 0) is 20.1 Å². The molecule has 1 aliphatic rings. The zero-order valence-corrected chi connectivity index (χ0v) is 11.6. The van der Waals surface area contributed by atoms with Crippen molar-refractivity contribution in [3.63, 3.8) is 0 Å². The van der Waals surface area contributed by atoms with Gasteiger partial charge in [-0.15, -0.1) is 0 Å². The predicted octanol–water partition coefficient (Wildman–Crippen LogP) is 2.90. The van der Waals surface area contributed by atoms with Crippen molar-refractivity contribution in [2.45, 2.75) is 31.7 Å². The molecule has 0 amide bonds. The molecule has 1 aromatic carbocycles. The van der Waals surface area contributed by atoms with Crippen LogP contribution in [0, 0.1) is 0 Å². The third-order valence-corrected chi connectivity index (χ3v) is 3.46. The minimum absolute atomic E-state index is 0.0998. The smallest absolute Gasteiger partial charge is 0.303 e. The first-order valence-electron chi connectivity index (χ1n) is 5.79. The van der Waals surface area contributed by atoms with E-state index in [0.29, 0.717) is 13.0 Å². The summed E-state index contributed by atoms with van der Waals surface area (Å²) in [6.07, 6.45) is 0.409. The molecule has 2 rings (SSSR count). The van der Waals surface area contributed by atoms with Crippen molar-refractivity contribution >= 4 is 21.9 Å². The zero-order valence-electron chi connectivity index (χ0n) is 10.1. The second-order valence-electron chi connectivity index (χ2n) is 4.44. The first-order valence-corrected chi connectivity index (χ1v) is 6.58. The second kappa shape index (κ2) is 5.38. The van der Waals surface area contributed by atoms with E-state index in [0.717, 1.165) is 10.0 Å².